The Labute approximate surface area is 198 Å². The highest BCUT2D eigenvalue weighted by molar-refractivity contribution is 7.15. The van der Waals surface area contributed by atoms with Gasteiger partial charge in [0.25, 0.3) is 5.91 Å². The highest BCUT2D eigenvalue weighted by Crippen LogP contribution is 2.42. The van der Waals surface area contributed by atoms with E-state index in [0.29, 0.717) is 39.8 Å². The summed E-state index contributed by atoms with van der Waals surface area (Å²) in [6.07, 6.45) is 0.570. The first-order valence-corrected chi connectivity index (χ1v) is 11.5. The number of anilines is 3. The van der Waals surface area contributed by atoms with Crippen LogP contribution >= 0.6 is 22.9 Å². The van der Waals surface area contributed by atoms with E-state index >= 15 is 0 Å². The second-order valence-electron chi connectivity index (χ2n) is 8.59. The fourth-order valence-corrected chi connectivity index (χ4v) is 4.89. The van der Waals surface area contributed by atoms with Gasteiger partial charge in [-0.1, -0.05) is 17.7 Å². The summed E-state index contributed by atoms with van der Waals surface area (Å²) >= 11 is 7.56. The van der Waals surface area contributed by atoms with E-state index in [1.54, 1.807) is 12.1 Å². The smallest absolute Gasteiger partial charge is 0.261 e. The number of nitrogens with zero attached hydrogens (tertiary/aromatic N) is 2. The molecule has 0 saturated carbocycles. The number of carbonyl (C=O) groups excluding carboxylic acids is 1. The van der Waals surface area contributed by atoms with Crippen LogP contribution in [0.1, 0.15) is 40.3 Å². The Morgan fingerprint density at radius 3 is 2.79 bits per heavy atom. The van der Waals surface area contributed by atoms with Crippen molar-refractivity contribution >= 4 is 56.6 Å². The highest BCUT2D eigenvalue weighted by atomic mass is 35.5. The van der Waals surface area contributed by atoms with Crippen LogP contribution in [0.25, 0.3) is 11.0 Å². The van der Waals surface area contributed by atoms with Gasteiger partial charge in [0.05, 0.1) is 33.0 Å². The first-order chi connectivity index (χ1) is 15.6. The summed E-state index contributed by atoms with van der Waals surface area (Å²) < 4.78 is 20.4. The average Bonchev–Trinajstić information content (AvgIpc) is 3.38. The van der Waals surface area contributed by atoms with Crippen molar-refractivity contribution in [2.75, 3.05) is 10.6 Å². The number of para-hydroxylation sites is 1. The Kier molecular flexibility index (Phi) is 5.06. The van der Waals surface area contributed by atoms with E-state index in [2.05, 4.69) is 25.6 Å². The number of hydrogen-bond acceptors (Lipinski definition) is 6. The molecular weight excluding hydrogens is 465 g/mol. The molecule has 0 spiro atoms. The lowest BCUT2D eigenvalue weighted by molar-refractivity contribution is 0.101. The number of fused-ring (bicyclic) bond motifs is 3. The number of amides is 1. The Bertz CT molecular complexity index is 1390. The Morgan fingerprint density at radius 2 is 2.09 bits per heavy atom. The summed E-state index contributed by atoms with van der Waals surface area (Å²) in [4.78, 5) is 26.4. The van der Waals surface area contributed by atoms with Gasteiger partial charge in [-0.05, 0) is 45.9 Å². The summed E-state index contributed by atoms with van der Waals surface area (Å²) in [5.74, 6) is -0.00257. The van der Waals surface area contributed by atoms with Gasteiger partial charge in [0, 0.05) is 16.9 Å². The van der Waals surface area contributed by atoms with E-state index in [1.807, 2.05) is 27.7 Å². The number of nitrogens with one attached hydrogen (secondary N) is 3. The van der Waals surface area contributed by atoms with Crippen LogP contribution in [0.2, 0.25) is 5.02 Å². The minimum absolute atomic E-state index is 0.124. The van der Waals surface area contributed by atoms with Crippen LogP contribution in [0.3, 0.4) is 0 Å². The van der Waals surface area contributed by atoms with Crippen LogP contribution in [0.15, 0.2) is 24.3 Å². The molecule has 4 aromatic rings. The molecule has 0 unspecified atom stereocenters. The zero-order valence-corrected chi connectivity index (χ0v) is 20.0. The van der Waals surface area contributed by atoms with Crippen molar-refractivity contribution < 1.29 is 13.9 Å². The highest BCUT2D eigenvalue weighted by Gasteiger charge is 2.36. The van der Waals surface area contributed by atoms with Crippen molar-refractivity contribution in [3.63, 3.8) is 0 Å². The monoisotopic (exact) mass is 485 g/mol. The summed E-state index contributed by atoms with van der Waals surface area (Å²) in [5.41, 5.74) is 2.99. The molecule has 1 aliphatic rings. The largest absolute Gasteiger partial charge is 0.486 e. The van der Waals surface area contributed by atoms with Crippen LogP contribution in [0.4, 0.5) is 21.2 Å². The lowest BCUT2D eigenvalue weighted by Gasteiger charge is -2.17. The lowest BCUT2D eigenvalue weighted by Crippen LogP contribution is -2.25. The van der Waals surface area contributed by atoms with Crippen LogP contribution in [0, 0.1) is 19.7 Å². The molecule has 0 saturated heterocycles. The maximum Gasteiger partial charge on any atom is 0.261 e. The number of H-pyrrole nitrogens is 1. The normalized spacial score (nSPS) is 14.2. The van der Waals surface area contributed by atoms with Crippen molar-refractivity contribution in [1.82, 2.24) is 15.0 Å². The van der Waals surface area contributed by atoms with Gasteiger partial charge in [0.2, 0.25) is 5.95 Å². The second-order valence-corrected chi connectivity index (χ2v) is 10.2. The number of thiazole rings is 1. The van der Waals surface area contributed by atoms with E-state index < -0.39 is 11.4 Å². The zero-order chi connectivity index (χ0) is 23.5. The molecule has 0 aliphatic carbocycles. The van der Waals surface area contributed by atoms with E-state index in [1.165, 1.54) is 23.5 Å². The first-order valence-electron chi connectivity index (χ1n) is 10.3. The van der Waals surface area contributed by atoms with Crippen LogP contribution < -0.4 is 15.4 Å². The third-order valence-electron chi connectivity index (χ3n) is 5.51. The minimum Gasteiger partial charge on any atom is -0.486 e. The molecule has 33 heavy (non-hydrogen) atoms. The number of ether oxygens (including phenoxy) is 1. The molecule has 1 amide bonds. The second kappa shape index (κ2) is 7.71. The van der Waals surface area contributed by atoms with E-state index in [0.717, 1.165) is 16.1 Å². The van der Waals surface area contributed by atoms with E-state index in [4.69, 9.17) is 16.3 Å². The first kappa shape index (κ1) is 21.7. The third kappa shape index (κ3) is 3.91. The number of imidazole rings is 1. The van der Waals surface area contributed by atoms with Crippen molar-refractivity contribution in [3.05, 3.63) is 56.8 Å². The molecule has 10 heteroatoms. The van der Waals surface area contributed by atoms with Gasteiger partial charge in [-0.2, -0.15) is 0 Å². The maximum absolute atomic E-state index is 14.3. The molecule has 0 radical (unpaired) electrons. The van der Waals surface area contributed by atoms with Crippen LogP contribution in [0.5, 0.6) is 5.75 Å². The molecule has 3 heterocycles. The maximum atomic E-state index is 14.3. The molecule has 170 valence electrons. The van der Waals surface area contributed by atoms with Gasteiger partial charge in [-0.25, -0.2) is 14.4 Å². The van der Waals surface area contributed by atoms with Gasteiger partial charge < -0.3 is 15.0 Å². The van der Waals surface area contributed by atoms with Gasteiger partial charge in [0.1, 0.15) is 17.2 Å². The van der Waals surface area contributed by atoms with E-state index in [9.17, 15) is 9.18 Å². The van der Waals surface area contributed by atoms with Gasteiger partial charge in [-0.15, -0.1) is 11.3 Å². The minimum atomic E-state index is -0.499. The number of aromatic amines is 1. The van der Waals surface area contributed by atoms with Gasteiger partial charge in [-0.3, -0.25) is 10.1 Å². The number of halogens is 2. The lowest BCUT2D eigenvalue weighted by atomic mass is 9.99. The molecule has 5 rings (SSSR count). The van der Waals surface area contributed by atoms with Crippen molar-refractivity contribution in [1.29, 1.82) is 0 Å². The predicted octanol–water partition coefficient (Wildman–Crippen LogP) is 6.14. The molecule has 0 bridgehead atoms. The predicted molar refractivity (Wildman–Crippen MR) is 129 cm³/mol. The van der Waals surface area contributed by atoms with Crippen molar-refractivity contribution in [2.45, 2.75) is 39.7 Å². The number of aryl methyl sites for hydroxylation is 2. The Hall–Kier alpha value is -3.17. The number of carbonyl (C=O) groups is 1. The number of benzene rings is 2. The molecular formula is C23H21ClFN5O2S. The number of rotatable bonds is 4. The van der Waals surface area contributed by atoms with Gasteiger partial charge in [0.15, 0.2) is 5.13 Å². The van der Waals surface area contributed by atoms with Crippen LogP contribution in [-0.2, 0) is 6.42 Å². The standard InChI is InChI=1S/C23H21ClFN5O2S/c1-10-11(2)33-22(26-10)30-20(31)12-8-16-17(13-9-23(3,4)32-19(12)13)28-21(27-16)29-18-14(24)6-5-7-15(18)25/h5-8H,9H2,1-4H3,(H,26,30,31)(H2,27,28,29). The molecule has 2 aromatic carbocycles. The summed E-state index contributed by atoms with van der Waals surface area (Å²) in [5, 5.41) is 6.56. The number of aromatic nitrogens is 3. The fourth-order valence-electron chi connectivity index (χ4n) is 3.87. The van der Waals surface area contributed by atoms with Crippen LogP contribution in [-0.4, -0.2) is 26.5 Å². The SMILES string of the molecule is Cc1nc(NC(=O)c2cc3[nH]c(Nc4c(F)cccc4Cl)nc3c3c2OC(C)(C)C3)sc1C. The van der Waals surface area contributed by atoms with E-state index in [-0.39, 0.29) is 16.6 Å². The Morgan fingerprint density at radius 1 is 1.30 bits per heavy atom. The molecule has 0 fully saturated rings. The molecule has 7 nitrogen and oxygen atoms in total. The Balaban J connectivity index is 1.57. The number of hydrogen-bond donors (Lipinski definition) is 3. The molecule has 2 aromatic heterocycles. The fraction of sp³-hybridized carbons (Fsp3) is 0.261. The summed E-state index contributed by atoms with van der Waals surface area (Å²) in [6.45, 7) is 7.77. The van der Waals surface area contributed by atoms with Crippen molar-refractivity contribution in [3.8, 4) is 5.75 Å². The molecule has 1 aliphatic heterocycles. The molecule has 3 N–H and O–H groups in total. The topological polar surface area (TPSA) is 91.9 Å². The molecule has 0 atom stereocenters. The average molecular weight is 486 g/mol. The quantitative estimate of drug-likeness (QED) is 0.323. The van der Waals surface area contributed by atoms with Crippen molar-refractivity contribution in [2.24, 2.45) is 0 Å². The van der Waals surface area contributed by atoms with Gasteiger partial charge >= 0.3 is 0 Å². The zero-order valence-electron chi connectivity index (χ0n) is 18.4. The summed E-state index contributed by atoms with van der Waals surface area (Å²) in [6, 6.07) is 6.13. The summed E-state index contributed by atoms with van der Waals surface area (Å²) in [7, 11) is 0. The third-order valence-corrected chi connectivity index (χ3v) is 6.81.